The minimum Gasteiger partial charge on any atom is -0.495 e. The Morgan fingerprint density at radius 1 is 1.07 bits per heavy atom. The van der Waals surface area contributed by atoms with Gasteiger partial charge in [0.1, 0.15) is 5.75 Å². The molecule has 2 nitrogen and oxygen atoms in total. The molecule has 2 heteroatoms. The van der Waals surface area contributed by atoms with Crippen molar-refractivity contribution in [2.45, 2.75) is 47.5 Å². The maximum absolute atomic E-state index is 4.99. The second-order valence-electron chi connectivity index (χ2n) is 2.78. The lowest BCUT2D eigenvalue weighted by Crippen LogP contribution is -1.92. The fourth-order valence-corrected chi connectivity index (χ4v) is 0.854. The summed E-state index contributed by atoms with van der Waals surface area (Å²) in [6.07, 6.45) is 1.75. The van der Waals surface area contributed by atoms with Crippen molar-refractivity contribution >= 4 is 0 Å². The fourth-order valence-electron chi connectivity index (χ4n) is 0.854. The third kappa shape index (κ3) is 6.95. The number of ether oxygens (including phenoxy) is 1. The summed E-state index contributed by atoms with van der Waals surface area (Å²) in [5.41, 5.74) is 1.10. The predicted octanol–water partition coefficient (Wildman–Crippen LogP) is 4.27. The largest absolute Gasteiger partial charge is 0.495 e. The molecule has 0 amide bonds. The van der Waals surface area contributed by atoms with E-state index in [2.05, 4.69) is 18.8 Å². The third-order valence-electron chi connectivity index (χ3n) is 1.59. The summed E-state index contributed by atoms with van der Waals surface area (Å²) in [6.45, 7) is 12.2. The van der Waals surface area contributed by atoms with Crippen molar-refractivity contribution in [2.75, 3.05) is 7.11 Å². The van der Waals surface area contributed by atoms with Gasteiger partial charge in [-0.1, -0.05) is 41.5 Å². The van der Waals surface area contributed by atoms with Crippen LogP contribution in [-0.4, -0.2) is 12.1 Å². The Morgan fingerprint density at radius 2 is 1.60 bits per heavy atom. The molecule has 0 aromatic carbocycles. The minimum absolute atomic E-state index is 0.487. The molecule has 1 heterocycles. The molecular formula is C13H25NO. The molecule has 0 spiro atoms. The van der Waals surface area contributed by atoms with Gasteiger partial charge in [-0.05, 0) is 18.1 Å². The van der Waals surface area contributed by atoms with Crippen molar-refractivity contribution < 1.29 is 4.74 Å². The highest BCUT2D eigenvalue weighted by atomic mass is 16.5. The van der Waals surface area contributed by atoms with Crippen LogP contribution in [-0.2, 0) is 0 Å². The van der Waals surface area contributed by atoms with Gasteiger partial charge in [-0.15, -0.1) is 0 Å². The Bertz CT molecular complexity index is 216. The number of hydrogen-bond acceptors (Lipinski definition) is 2. The molecule has 15 heavy (non-hydrogen) atoms. The van der Waals surface area contributed by atoms with E-state index < -0.39 is 0 Å². The van der Waals surface area contributed by atoms with Crippen LogP contribution in [0, 0.1) is 0 Å². The molecule has 0 atom stereocenters. The van der Waals surface area contributed by atoms with Crippen molar-refractivity contribution in [2.24, 2.45) is 0 Å². The van der Waals surface area contributed by atoms with Gasteiger partial charge in [0.25, 0.3) is 0 Å². The molecule has 0 fully saturated rings. The molecule has 0 aliphatic heterocycles. The fraction of sp³-hybridized carbons (Fsp3) is 0.615. The minimum atomic E-state index is 0.487. The predicted molar refractivity (Wildman–Crippen MR) is 67.6 cm³/mol. The van der Waals surface area contributed by atoms with Crippen molar-refractivity contribution in [1.82, 2.24) is 4.98 Å². The van der Waals surface area contributed by atoms with Crippen LogP contribution in [0.4, 0.5) is 0 Å². The van der Waals surface area contributed by atoms with Crippen LogP contribution < -0.4 is 4.74 Å². The maximum Gasteiger partial charge on any atom is 0.137 e. The molecular weight excluding hydrogens is 186 g/mol. The Morgan fingerprint density at radius 3 is 1.87 bits per heavy atom. The molecule has 1 aromatic rings. The number of pyridine rings is 1. The maximum atomic E-state index is 4.99. The first-order valence-electron chi connectivity index (χ1n) is 5.74. The van der Waals surface area contributed by atoms with Gasteiger partial charge in [-0.3, -0.25) is 4.98 Å². The summed E-state index contributed by atoms with van der Waals surface area (Å²) < 4.78 is 4.99. The van der Waals surface area contributed by atoms with E-state index in [0.29, 0.717) is 5.92 Å². The van der Waals surface area contributed by atoms with Gasteiger partial charge in [0, 0.05) is 5.69 Å². The molecule has 1 aromatic heterocycles. The van der Waals surface area contributed by atoms with Crippen molar-refractivity contribution in [1.29, 1.82) is 0 Å². The van der Waals surface area contributed by atoms with Crippen LogP contribution in [0.1, 0.15) is 53.2 Å². The third-order valence-corrected chi connectivity index (χ3v) is 1.59. The standard InChI is InChI=1S/C9H13NO.2C2H6/c1-7(2)9-5-4-8(11-3)6-10-9;2*1-2/h4-7H,1-3H3;2*1-2H3. The molecule has 0 saturated carbocycles. The molecule has 88 valence electrons. The van der Waals surface area contributed by atoms with Crippen LogP contribution in [0.15, 0.2) is 18.3 Å². The average molecular weight is 211 g/mol. The number of nitrogens with zero attached hydrogens (tertiary/aromatic N) is 1. The zero-order valence-electron chi connectivity index (χ0n) is 11.2. The summed E-state index contributed by atoms with van der Waals surface area (Å²) in [5.74, 6) is 1.30. The lowest BCUT2D eigenvalue weighted by molar-refractivity contribution is 0.412. The Balaban J connectivity index is 0. The molecule has 0 bridgehead atoms. The molecule has 0 N–H and O–H groups in total. The molecule has 0 radical (unpaired) electrons. The van der Waals surface area contributed by atoms with Gasteiger partial charge in [0.05, 0.1) is 13.3 Å². The number of rotatable bonds is 2. The van der Waals surface area contributed by atoms with E-state index >= 15 is 0 Å². The second-order valence-corrected chi connectivity index (χ2v) is 2.78. The first-order chi connectivity index (χ1) is 7.24. The molecule has 0 aliphatic carbocycles. The van der Waals surface area contributed by atoms with E-state index in [1.54, 1.807) is 13.3 Å². The molecule has 0 aliphatic rings. The zero-order chi connectivity index (χ0) is 12.3. The van der Waals surface area contributed by atoms with E-state index in [9.17, 15) is 0 Å². The lowest BCUT2D eigenvalue weighted by atomic mass is 10.1. The summed E-state index contributed by atoms with van der Waals surface area (Å²) in [6, 6.07) is 3.92. The van der Waals surface area contributed by atoms with Gasteiger partial charge >= 0.3 is 0 Å². The SMILES string of the molecule is CC.CC.COc1ccc(C(C)C)nc1. The van der Waals surface area contributed by atoms with E-state index in [4.69, 9.17) is 4.74 Å². The van der Waals surface area contributed by atoms with Crippen LogP contribution >= 0.6 is 0 Å². The molecule has 0 unspecified atom stereocenters. The van der Waals surface area contributed by atoms with E-state index in [1.165, 1.54) is 0 Å². The van der Waals surface area contributed by atoms with Gasteiger partial charge in [0.15, 0.2) is 0 Å². The first kappa shape index (κ1) is 16.4. The molecule has 0 saturated heterocycles. The quantitative estimate of drug-likeness (QED) is 0.729. The Labute approximate surface area is 94.7 Å². The second kappa shape index (κ2) is 11.0. The van der Waals surface area contributed by atoms with Crippen LogP contribution in [0.3, 0.4) is 0 Å². The highest BCUT2D eigenvalue weighted by molar-refractivity contribution is 5.20. The number of hydrogen-bond donors (Lipinski definition) is 0. The normalized spacial score (nSPS) is 8.27. The van der Waals surface area contributed by atoms with E-state index in [1.807, 2.05) is 39.8 Å². The topological polar surface area (TPSA) is 22.1 Å². The highest BCUT2D eigenvalue weighted by Gasteiger charge is 1.99. The van der Waals surface area contributed by atoms with Gasteiger partial charge in [-0.25, -0.2) is 0 Å². The van der Waals surface area contributed by atoms with Gasteiger partial charge < -0.3 is 4.74 Å². The highest BCUT2D eigenvalue weighted by Crippen LogP contribution is 2.14. The van der Waals surface area contributed by atoms with Crippen molar-refractivity contribution in [3.8, 4) is 5.75 Å². The summed E-state index contributed by atoms with van der Waals surface area (Å²) in [7, 11) is 1.64. The van der Waals surface area contributed by atoms with Crippen LogP contribution in [0.2, 0.25) is 0 Å². The lowest BCUT2D eigenvalue weighted by Gasteiger charge is -2.04. The molecule has 1 rings (SSSR count). The van der Waals surface area contributed by atoms with Crippen molar-refractivity contribution in [3.63, 3.8) is 0 Å². The van der Waals surface area contributed by atoms with Crippen LogP contribution in [0.5, 0.6) is 5.75 Å². The van der Waals surface area contributed by atoms with E-state index in [-0.39, 0.29) is 0 Å². The van der Waals surface area contributed by atoms with Crippen molar-refractivity contribution in [3.05, 3.63) is 24.0 Å². The zero-order valence-corrected chi connectivity index (χ0v) is 11.2. The monoisotopic (exact) mass is 211 g/mol. The first-order valence-corrected chi connectivity index (χ1v) is 5.74. The summed E-state index contributed by atoms with van der Waals surface area (Å²) >= 11 is 0. The summed E-state index contributed by atoms with van der Waals surface area (Å²) in [4.78, 5) is 4.22. The number of aromatic nitrogens is 1. The smallest absolute Gasteiger partial charge is 0.137 e. The van der Waals surface area contributed by atoms with E-state index in [0.717, 1.165) is 11.4 Å². The summed E-state index contributed by atoms with van der Waals surface area (Å²) in [5, 5.41) is 0. The van der Waals surface area contributed by atoms with Crippen LogP contribution in [0.25, 0.3) is 0 Å². The average Bonchev–Trinajstić information content (AvgIpc) is 2.34. The Kier molecular flexibility index (Phi) is 12.0. The van der Waals surface area contributed by atoms with Gasteiger partial charge in [-0.2, -0.15) is 0 Å². The Hall–Kier alpha value is -1.05. The number of methoxy groups -OCH3 is 1. The van der Waals surface area contributed by atoms with Gasteiger partial charge in [0.2, 0.25) is 0 Å².